The van der Waals surface area contributed by atoms with Crippen LogP contribution in [0.25, 0.3) is 11.3 Å². The molecule has 0 bridgehead atoms. The van der Waals surface area contributed by atoms with Gasteiger partial charge in [-0.3, -0.25) is 4.79 Å². The van der Waals surface area contributed by atoms with Crippen molar-refractivity contribution in [2.75, 3.05) is 0 Å². The lowest BCUT2D eigenvalue weighted by molar-refractivity contribution is -0.137. The Kier molecular flexibility index (Phi) is 4.48. The van der Waals surface area contributed by atoms with E-state index in [2.05, 4.69) is 4.98 Å². The summed E-state index contributed by atoms with van der Waals surface area (Å²) in [5.74, 6) is 0.424. The Balaban J connectivity index is 2.23. The third kappa shape index (κ3) is 3.71. The highest BCUT2D eigenvalue weighted by Crippen LogP contribution is 2.32. The van der Waals surface area contributed by atoms with Gasteiger partial charge in [-0.05, 0) is 37.6 Å². The molecule has 1 aromatic carbocycles. The quantitative estimate of drug-likeness (QED) is 0.689. The maximum atomic E-state index is 13.2. The van der Waals surface area contributed by atoms with E-state index in [9.17, 15) is 18.0 Å². The van der Waals surface area contributed by atoms with Crippen molar-refractivity contribution in [3.8, 4) is 11.3 Å². The molecule has 0 unspecified atom stereocenters. The smallest absolute Gasteiger partial charge is 0.416 e. The van der Waals surface area contributed by atoms with Gasteiger partial charge in [0.2, 0.25) is 0 Å². The molecule has 0 spiro atoms. The van der Waals surface area contributed by atoms with Crippen LogP contribution in [0, 0.1) is 20.8 Å². The van der Waals surface area contributed by atoms with Gasteiger partial charge in [0.15, 0.2) is 5.89 Å². The molecular formula is C19H17F3N2O2. The Bertz CT molecular complexity index is 996. The molecule has 0 aliphatic carbocycles. The Labute approximate surface area is 147 Å². The Morgan fingerprint density at radius 1 is 1.04 bits per heavy atom. The molecule has 3 aromatic rings. The zero-order valence-corrected chi connectivity index (χ0v) is 14.5. The van der Waals surface area contributed by atoms with Crippen LogP contribution in [-0.2, 0) is 12.7 Å². The fourth-order valence-corrected chi connectivity index (χ4v) is 2.93. The number of oxazole rings is 1. The first kappa shape index (κ1) is 18.0. The standard InChI is InChI=1S/C19H17F3N2O2/c1-11-4-12(2)6-14(5-11)17-7-15(19(20,21)22)8-18(25)24(17)9-16-10-26-13(3)23-16/h4-8,10H,9H2,1-3H3. The maximum Gasteiger partial charge on any atom is 0.416 e. The van der Waals surface area contributed by atoms with Crippen LogP contribution >= 0.6 is 0 Å². The van der Waals surface area contributed by atoms with Gasteiger partial charge in [0, 0.05) is 13.0 Å². The van der Waals surface area contributed by atoms with Gasteiger partial charge < -0.3 is 8.98 Å². The van der Waals surface area contributed by atoms with Crippen LogP contribution in [0.2, 0.25) is 0 Å². The molecule has 0 atom stereocenters. The Hall–Kier alpha value is -2.83. The van der Waals surface area contributed by atoms with E-state index >= 15 is 0 Å². The van der Waals surface area contributed by atoms with E-state index in [0.29, 0.717) is 23.2 Å². The molecule has 0 aliphatic heterocycles. The number of alkyl halides is 3. The van der Waals surface area contributed by atoms with Gasteiger partial charge >= 0.3 is 6.18 Å². The lowest BCUT2D eigenvalue weighted by Gasteiger charge is -2.16. The summed E-state index contributed by atoms with van der Waals surface area (Å²) < 4.78 is 46.0. The highest BCUT2D eigenvalue weighted by Gasteiger charge is 2.32. The highest BCUT2D eigenvalue weighted by atomic mass is 19.4. The fraction of sp³-hybridized carbons (Fsp3) is 0.263. The molecule has 0 saturated carbocycles. The van der Waals surface area contributed by atoms with Gasteiger partial charge in [0.05, 0.1) is 23.5 Å². The summed E-state index contributed by atoms with van der Waals surface area (Å²) in [4.78, 5) is 16.6. The lowest BCUT2D eigenvalue weighted by atomic mass is 10.0. The summed E-state index contributed by atoms with van der Waals surface area (Å²) >= 11 is 0. The summed E-state index contributed by atoms with van der Waals surface area (Å²) in [6.07, 6.45) is -3.21. The third-order valence-electron chi connectivity index (χ3n) is 3.96. The summed E-state index contributed by atoms with van der Waals surface area (Å²) in [5.41, 5.74) is 1.29. The first-order chi connectivity index (χ1) is 12.1. The molecule has 136 valence electrons. The van der Waals surface area contributed by atoms with Crippen molar-refractivity contribution >= 4 is 0 Å². The molecule has 0 radical (unpaired) electrons. The fourth-order valence-electron chi connectivity index (χ4n) is 2.93. The average Bonchev–Trinajstić information content (AvgIpc) is 2.92. The van der Waals surface area contributed by atoms with E-state index < -0.39 is 17.3 Å². The van der Waals surface area contributed by atoms with Crippen LogP contribution in [0.5, 0.6) is 0 Å². The molecule has 0 fully saturated rings. The SMILES string of the molecule is Cc1cc(C)cc(-c2cc(C(F)(F)F)cc(=O)n2Cc2coc(C)n2)c1. The molecule has 2 heterocycles. The first-order valence-electron chi connectivity index (χ1n) is 7.95. The number of pyridine rings is 1. The van der Waals surface area contributed by atoms with Crippen LogP contribution in [0.3, 0.4) is 0 Å². The lowest BCUT2D eigenvalue weighted by Crippen LogP contribution is -2.24. The van der Waals surface area contributed by atoms with E-state index in [-0.39, 0.29) is 12.2 Å². The summed E-state index contributed by atoms with van der Waals surface area (Å²) in [5, 5.41) is 0. The highest BCUT2D eigenvalue weighted by molar-refractivity contribution is 5.63. The molecule has 0 N–H and O–H groups in total. The van der Waals surface area contributed by atoms with Crippen LogP contribution in [0.15, 0.2) is 45.8 Å². The van der Waals surface area contributed by atoms with Crippen LogP contribution in [0.4, 0.5) is 13.2 Å². The average molecular weight is 362 g/mol. The minimum Gasteiger partial charge on any atom is -0.449 e. The molecule has 7 heteroatoms. The predicted molar refractivity (Wildman–Crippen MR) is 91.0 cm³/mol. The second-order valence-electron chi connectivity index (χ2n) is 6.29. The van der Waals surface area contributed by atoms with Gasteiger partial charge in [-0.2, -0.15) is 13.2 Å². The number of halogens is 3. The minimum absolute atomic E-state index is 0.0244. The van der Waals surface area contributed by atoms with Gasteiger partial charge in [0.1, 0.15) is 6.26 Å². The van der Waals surface area contributed by atoms with E-state index in [1.165, 1.54) is 10.8 Å². The number of hydrogen-bond acceptors (Lipinski definition) is 3. The maximum absolute atomic E-state index is 13.2. The zero-order valence-electron chi connectivity index (χ0n) is 14.5. The van der Waals surface area contributed by atoms with Gasteiger partial charge in [-0.25, -0.2) is 4.98 Å². The molecular weight excluding hydrogens is 345 g/mol. The Morgan fingerprint density at radius 2 is 1.69 bits per heavy atom. The van der Waals surface area contributed by atoms with Crippen LogP contribution < -0.4 is 5.56 Å². The molecule has 3 rings (SSSR count). The number of aromatic nitrogens is 2. The summed E-state index contributed by atoms with van der Waals surface area (Å²) in [6.45, 7) is 5.39. The molecule has 2 aromatic heterocycles. The summed E-state index contributed by atoms with van der Waals surface area (Å²) in [7, 11) is 0. The number of nitrogens with zero attached hydrogens (tertiary/aromatic N) is 2. The van der Waals surface area contributed by atoms with Crippen molar-refractivity contribution in [1.82, 2.24) is 9.55 Å². The van der Waals surface area contributed by atoms with Gasteiger partial charge in [-0.15, -0.1) is 0 Å². The van der Waals surface area contributed by atoms with E-state index in [1.807, 2.05) is 19.9 Å². The van der Waals surface area contributed by atoms with Crippen molar-refractivity contribution in [3.63, 3.8) is 0 Å². The molecule has 0 saturated heterocycles. The number of rotatable bonds is 3. The van der Waals surface area contributed by atoms with Crippen LogP contribution in [-0.4, -0.2) is 9.55 Å². The van der Waals surface area contributed by atoms with E-state index in [1.54, 1.807) is 19.1 Å². The minimum atomic E-state index is -4.60. The van der Waals surface area contributed by atoms with Crippen molar-refractivity contribution in [3.05, 3.63) is 75.2 Å². The predicted octanol–water partition coefficient (Wildman–Crippen LogP) is 4.50. The number of aryl methyl sites for hydroxylation is 3. The van der Waals surface area contributed by atoms with E-state index in [4.69, 9.17) is 4.42 Å². The van der Waals surface area contributed by atoms with E-state index in [0.717, 1.165) is 17.2 Å². The second kappa shape index (κ2) is 6.48. The van der Waals surface area contributed by atoms with Crippen LogP contribution in [0.1, 0.15) is 28.3 Å². The summed E-state index contributed by atoms with van der Waals surface area (Å²) in [6, 6.07) is 7.04. The number of hydrogen-bond donors (Lipinski definition) is 0. The normalized spacial score (nSPS) is 11.8. The molecule has 0 aliphatic rings. The zero-order chi connectivity index (χ0) is 19.1. The van der Waals surface area contributed by atoms with Gasteiger partial charge in [-0.1, -0.05) is 17.2 Å². The molecule has 26 heavy (non-hydrogen) atoms. The topological polar surface area (TPSA) is 48.0 Å². The van der Waals surface area contributed by atoms with Crippen molar-refractivity contribution in [1.29, 1.82) is 0 Å². The second-order valence-corrected chi connectivity index (χ2v) is 6.29. The monoisotopic (exact) mass is 362 g/mol. The number of benzene rings is 1. The largest absolute Gasteiger partial charge is 0.449 e. The third-order valence-corrected chi connectivity index (χ3v) is 3.96. The molecule has 0 amide bonds. The molecule has 4 nitrogen and oxygen atoms in total. The van der Waals surface area contributed by atoms with Crippen molar-refractivity contribution in [2.24, 2.45) is 0 Å². The Morgan fingerprint density at radius 3 is 2.23 bits per heavy atom. The van der Waals surface area contributed by atoms with Gasteiger partial charge in [0.25, 0.3) is 5.56 Å². The van der Waals surface area contributed by atoms with Crippen molar-refractivity contribution < 1.29 is 17.6 Å². The van der Waals surface area contributed by atoms with Crippen molar-refractivity contribution in [2.45, 2.75) is 33.5 Å². The first-order valence-corrected chi connectivity index (χ1v) is 7.95.